The van der Waals surface area contributed by atoms with Crippen molar-refractivity contribution in [3.05, 3.63) is 28.5 Å². The normalized spacial score (nSPS) is 19.8. The second-order valence-electron chi connectivity index (χ2n) is 3.51. The van der Waals surface area contributed by atoms with Crippen molar-refractivity contribution in [3.63, 3.8) is 0 Å². The molecule has 1 N–H and O–H groups in total. The fourth-order valence-electron chi connectivity index (χ4n) is 1.70. The lowest BCUT2D eigenvalue weighted by atomic mass is 9.86. The number of hydrogen-bond donors (Lipinski definition) is 1. The quantitative estimate of drug-likeness (QED) is 0.737. The topological polar surface area (TPSA) is 67.3 Å². The summed E-state index contributed by atoms with van der Waals surface area (Å²) in [4.78, 5) is 26.3. The van der Waals surface area contributed by atoms with Crippen LogP contribution in [-0.2, 0) is 11.2 Å². The molecule has 1 aliphatic carbocycles. The van der Waals surface area contributed by atoms with Gasteiger partial charge in [-0.25, -0.2) is 4.98 Å². The molecule has 0 aliphatic heterocycles. The molecule has 0 fully saturated rings. The summed E-state index contributed by atoms with van der Waals surface area (Å²) in [6, 6.07) is 3.23. The van der Waals surface area contributed by atoms with Crippen LogP contribution in [0.5, 0.6) is 0 Å². The molecule has 1 aromatic rings. The van der Waals surface area contributed by atoms with E-state index in [2.05, 4.69) is 4.98 Å². The Bertz CT molecular complexity index is 444. The lowest BCUT2D eigenvalue weighted by molar-refractivity contribution is -0.141. The van der Waals surface area contributed by atoms with Crippen molar-refractivity contribution in [2.75, 3.05) is 0 Å². The number of carbonyl (C=O) groups excluding carboxylic acids is 1. The largest absolute Gasteiger partial charge is 0.481 e. The molecule has 1 unspecified atom stereocenters. The van der Waals surface area contributed by atoms with Gasteiger partial charge in [0.05, 0.1) is 5.92 Å². The minimum absolute atomic E-state index is 0.00960. The number of nitrogens with zero attached hydrogens (tertiary/aromatic N) is 1. The number of hydrogen-bond acceptors (Lipinski definition) is 3. The molecule has 1 heterocycles. The van der Waals surface area contributed by atoms with Crippen molar-refractivity contribution in [1.29, 1.82) is 0 Å². The summed E-state index contributed by atoms with van der Waals surface area (Å²) in [6.07, 6.45) is 0.357. The minimum atomic E-state index is -0.941. The number of carboxylic acid groups (broad SMARTS) is 1. The van der Waals surface area contributed by atoms with Crippen molar-refractivity contribution in [2.24, 2.45) is 5.92 Å². The smallest absolute Gasteiger partial charge is 0.307 e. The van der Waals surface area contributed by atoms with E-state index in [1.807, 2.05) is 0 Å². The van der Waals surface area contributed by atoms with Crippen LogP contribution < -0.4 is 0 Å². The Morgan fingerprint density at radius 1 is 1.47 bits per heavy atom. The molecule has 0 amide bonds. The average Bonchev–Trinajstić information content (AvgIpc) is 2.18. The molecule has 1 aromatic heterocycles. The lowest BCUT2D eigenvalue weighted by Gasteiger charge is -2.19. The van der Waals surface area contributed by atoms with Crippen LogP contribution in [0.4, 0.5) is 0 Å². The molecule has 1 atom stereocenters. The number of aromatic nitrogens is 1. The van der Waals surface area contributed by atoms with Crippen molar-refractivity contribution in [1.82, 2.24) is 4.98 Å². The van der Waals surface area contributed by atoms with Gasteiger partial charge in [-0.1, -0.05) is 17.7 Å². The molecule has 4 nitrogen and oxygen atoms in total. The first kappa shape index (κ1) is 10.1. The number of carboxylic acids is 1. The Labute approximate surface area is 90.9 Å². The van der Waals surface area contributed by atoms with E-state index in [9.17, 15) is 9.59 Å². The van der Waals surface area contributed by atoms with Gasteiger partial charge in [0.25, 0.3) is 0 Å². The van der Waals surface area contributed by atoms with Crippen molar-refractivity contribution in [3.8, 4) is 0 Å². The van der Waals surface area contributed by atoms with Crippen LogP contribution in [-0.4, -0.2) is 21.8 Å². The molecule has 0 spiro atoms. The average molecular weight is 226 g/mol. The molecular weight excluding hydrogens is 218 g/mol. The summed E-state index contributed by atoms with van der Waals surface area (Å²) >= 11 is 5.66. The second kappa shape index (κ2) is 3.62. The molecule has 0 aromatic carbocycles. The number of aliphatic carboxylic acids is 1. The highest BCUT2D eigenvalue weighted by atomic mass is 35.5. The van der Waals surface area contributed by atoms with E-state index in [-0.39, 0.29) is 17.4 Å². The van der Waals surface area contributed by atoms with Gasteiger partial charge in [-0.15, -0.1) is 0 Å². The van der Waals surface area contributed by atoms with E-state index in [0.29, 0.717) is 17.7 Å². The number of carbonyl (C=O) groups is 2. The lowest BCUT2D eigenvalue weighted by Crippen LogP contribution is -2.27. The number of ketones is 1. The number of rotatable bonds is 1. The van der Waals surface area contributed by atoms with Gasteiger partial charge in [-0.3, -0.25) is 9.59 Å². The molecule has 0 bridgehead atoms. The summed E-state index contributed by atoms with van der Waals surface area (Å²) in [5.74, 6) is -1.82. The van der Waals surface area contributed by atoms with Crippen LogP contribution in [0.15, 0.2) is 12.1 Å². The first-order valence-electron chi connectivity index (χ1n) is 4.49. The first-order valence-corrected chi connectivity index (χ1v) is 4.87. The third kappa shape index (κ3) is 1.85. The summed E-state index contributed by atoms with van der Waals surface area (Å²) in [5.41, 5.74) is 0.989. The van der Waals surface area contributed by atoms with Gasteiger partial charge >= 0.3 is 5.97 Å². The number of halogens is 1. The number of Topliss-reactive ketones (excluding diaryl/α,β-unsaturated/α-hetero) is 1. The Balaban J connectivity index is 2.41. The third-order valence-corrected chi connectivity index (χ3v) is 2.67. The second-order valence-corrected chi connectivity index (χ2v) is 3.90. The number of pyridine rings is 1. The molecule has 5 heteroatoms. The maximum Gasteiger partial charge on any atom is 0.307 e. The summed E-state index contributed by atoms with van der Waals surface area (Å²) in [7, 11) is 0. The van der Waals surface area contributed by atoms with E-state index in [1.165, 1.54) is 0 Å². The predicted molar refractivity (Wildman–Crippen MR) is 53.0 cm³/mol. The van der Waals surface area contributed by atoms with Gasteiger partial charge in [-0.2, -0.15) is 0 Å². The number of fused-ring (bicyclic) bond motifs is 1. The molecule has 15 heavy (non-hydrogen) atoms. The zero-order chi connectivity index (χ0) is 11.0. The Morgan fingerprint density at radius 3 is 2.87 bits per heavy atom. The van der Waals surface area contributed by atoms with E-state index >= 15 is 0 Å². The van der Waals surface area contributed by atoms with Gasteiger partial charge in [0, 0.05) is 6.42 Å². The molecule has 1 aliphatic rings. The standard InChI is InChI=1S/C10H8ClNO3/c11-8-2-1-5-3-6(10(14)15)4-7(13)9(5)12-8/h1-2,6H,3-4H2,(H,14,15). The van der Waals surface area contributed by atoms with Gasteiger partial charge < -0.3 is 5.11 Å². The minimum Gasteiger partial charge on any atom is -0.481 e. The highest BCUT2D eigenvalue weighted by Crippen LogP contribution is 2.25. The molecule has 0 saturated heterocycles. The third-order valence-electron chi connectivity index (χ3n) is 2.46. The van der Waals surface area contributed by atoms with E-state index in [1.54, 1.807) is 12.1 Å². The monoisotopic (exact) mass is 225 g/mol. The van der Waals surface area contributed by atoms with E-state index in [0.717, 1.165) is 0 Å². The van der Waals surface area contributed by atoms with Crippen molar-refractivity contribution >= 4 is 23.4 Å². The van der Waals surface area contributed by atoms with Crippen molar-refractivity contribution in [2.45, 2.75) is 12.8 Å². The molecule has 0 radical (unpaired) electrons. The SMILES string of the molecule is O=C1CC(C(=O)O)Cc2ccc(Cl)nc21. The molecule has 78 valence electrons. The van der Waals surface area contributed by atoms with Crippen LogP contribution in [0, 0.1) is 5.92 Å². The molecular formula is C10H8ClNO3. The van der Waals surface area contributed by atoms with Crippen LogP contribution in [0.2, 0.25) is 5.15 Å². The van der Waals surface area contributed by atoms with Crippen molar-refractivity contribution < 1.29 is 14.7 Å². The Hall–Kier alpha value is -1.42. The van der Waals surface area contributed by atoms with E-state index < -0.39 is 11.9 Å². The van der Waals surface area contributed by atoms with Crippen LogP contribution in [0.1, 0.15) is 22.5 Å². The van der Waals surface area contributed by atoms with Crippen LogP contribution in [0.25, 0.3) is 0 Å². The first-order chi connectivity index (χ1) is 7.08. The van der Waals surface area contributed by atoms with Gasteiger partial charge in [0.1, 0.15) is 10.8 Å². The van der Waals surface area contributed by atoms with E-state index in [4.69, 9.17) is 16.7 Å². The maximum atomic E-state index is 11.6. The van der Waals surface area contributed by atoms with Crippen LogP contribution >= 0.6 is 11.6 Å². The van der Waals surface area contributed by atoms with Gasteiger partial charge in [0.15, 0.2) is 5.78 Å². The Kier molecular flexibility index (Phi) is 2.44. The van der Waals surface area contributed by atoms with Crippen LogP contribution in [0.3, 0.4) is 0 Å². The Morgan fingerprint density at radius 2 is 2.20 bits per heavy atom. The zero-order valence-electron chi connectivity index (χ0n) is 7.74. The van der Waals surface area contributed by atoms with Gasteiger partial charge in [0.2, 0.25) is 0 Å². The zero-order valence-corrected chi connectivity index (χ0v) is 8.49. The fourth-order valence-corrected chi connectivity index (χ4v) is 1.85. The summed E-state index contributed by atoms with van der Waals surface area (Å²) < 4.78 is 0. The highest BCUT2D eigenvalue weighted by Gasteiger charge is 2.30. The summed E-state index contributed by atoms with van der Waals surface area (Å²) in [5, 5.41) is 9.10. The highest BCUT2D eigenvalue weighted by molar-refractivity contribution is 6.29. The summed E-state index contributed by atoms with van der Waals surface area (Å²) in [6.45, 7) is 0. The van der Waals surface area contributed by atoms with Gasteiger partial charge in [-0.05, 0) is 18.1 Å². The predicted octanol–water partition coefficient (Wildman–Crippen LogP) is 1.56. The fraction of sp³-hybridized carbons (Fsp3) is 0.300. The molecule has 2 rings (SSSR count). The molecule has 0 saturated carbocycles. The maximum absolute atomic E-state index is 11.6.